The molecule has 0 aliphatic heterocycles. The standard InChI is InChI=1S/C26H26N6O/c1-17-8-9-21(30-25(33)18-6-5-7-20(12-18)26(2,3)4)13-22(17)31-11-10-24-27-16-23(32(24)31)19-14-28-29-15-19/h5-16H,1-4H3,(H,28,29)(H,30,33). The number of rotatable bonds is 4. The second kappa shape index (κ2) is 7.78. The summed E-state index contributed by atoms with van der Waals surface area (Å²) in [6.07, 6.45) is 7.43. The summed E-state index contributed by atoms with van der Waals surface area (Å²) >= 11 is 0. The highest BCUT2D eigenvalue weighted by Crippen LogP contribution is 2.26. The zero-order valence-electron chi connectivity index (χ0n) is 19.1. The summed E-state index contributed by atoms with van der Waals surface area (Å²) in [7, 11) is 0. The first-order valence-electron chi connectivity index (χ1n) is 10.9. The highest BCUT2D eigenvalue weighted by molar-refractivity contribution is 6.04. The first kappa shape index (κ1) is 20.8. The maximum atomic E-state index is 13.0. The summed E-state index contributed by atoms with van der Waals surface area (Å²) in [5.74, 6) is -0.129. The van der Waals surface area contributed by atoms with Crippen molar-refractivity contribution in [3.63, 3.8) is 0 Å². The Kier molecular flexibility index (Phi) is 4.89. The molecule has 33 heavy (non-hydrogen) atoms. The molecule has 0 unspecified atom stereocenters. The molecule has 0 bridgehead atoms. The Labute approximate surface area is 192 Å². The van der Waals surface area contributed by atoms with Gasteiger partial charge in [0.25, 0.3) is 5.91 Å². The number of H-pyrrole nitrogens is 1. The van der Waals surface area contributed by atoms with E-state index in [1.165, 1.54) is 0 Å². The lowest BCUT2D eigenvalue weighted by Gasteiger charge is -2.19. The summed E-state index contributed by atoms with van der Waals surface area (Å²) in [5.41, 5.74) is 7.21. The normalized spacial score (nSPS) is 11.8. The summed E-state index contributed by atoms with van der Waals surface area (Å²) in [4.78, 5) is 17.5. The zero-order valence-corrected chi connectivity index (χ0v) is 19.1. The van der Waals surface area contributed by atoms with Crippen LogP contribution >= 0.6 is 0 Å². The minimum atomic E-state index is -0.129. The van der Waals surface area contributed by atoms with Crippen molar-refractivity contribution in [1.29, 1.82) is 0 Å². The van der Waals surface area contributed by atoms with E-state index in [9.17, 15) is 4.79 Å². The Hall–Kier alpha value is -4.13. The van der Waals surface area contributed by atoms with Crippen molar-refractivity contribution in [2.75, 3.05) is 5.32 Å². The highest BCUT2D eigenvalue weighted by atomic mass is 16.1. The third-order valence-electron chi connectivity index (χ3n) is 5.84. The molecule has 3 heterocycles. The lowest BCUT2D eigenvalue weighted by atomic mass is 9.86. The van der Waals surface area contributed by atoms with Gasteiger partial charge in [0.1, 0.15) is 0 Å². The number of benzene rings is 2. The van der Waals surface area contributed by atoms with Gasteiger partial charge in [-0.25, -0.2) is 9.50 Å². The molecule has 0 spiro atoms. The molecule has 5 aromatic rings. The molecule has 2 aromatic carbocycles. The number of fused-ring (bicyclic) bond motifs is 1. The summed E-state index contributed by atoms with van der Waals surface area (Å²) < 4.78 is 4.07. The molecule has 7 nitrogen and oxygen atoms in total. The van der Waals surface area contributed by atoms with Gasteiger partial charge in [-0.05, 0) is 47.7 Å². The Morgan fingerprint density at radius 3 is 2.67 bits per heavy atom. The van der Waals surface area contributed by atoms with E-state index in [1.807, 2.05) is 77.2 Å². The van der Waals surface area contributed by atoms with Crippen LogP contribution in [0.25, 0.3) is 22.6 Å². The van der Waals surface area contributed by atoms with E-state index in [0.717, 1.165) is 39.4 Å². The Balaban J connectivity index is 1.50. The van der Waals surface area contributed by atoms with Gasteiger partial charge in [-0.1, -0.05) is 39.0 Å². The molecule has 0 fully saturated rings. The first-order valence-corrected chi connectivity index (χ1v) is 10.9. The zero-order chi connectivity index (χ0) is 23.2. The van der Waals surface area contributed by atoms with Crippen LogP contribution in [0.15, 0.2) is 73.3 Å². The van der Waals surface area contributed by atoms with Crippen LogP contribution in [0, 0.1) is 6.92 Å². The van der Waals surface area contributed by atoms with Crippen LogP contribution in [0.1, 0.15) is 42.3 Å². The lowest BCUT2D eigenvalue weighted by Crippen LogP contribution is -2.16. The van der Waals surface area contributed by atoms with E-state index in [1.54, 1.807) is 6.20 Å². The summed E-state index contributed by atoms with van der Waals surface area (Å²) in [6, 6.07) is 15.7. The minimum Gasteiger partial charge on any atom is -0.322 e. The number of aromatic amines is 1. The number of nitrogens with one attached hydrogen (secondary N) is 2. The van der Waals surface area contributed by atoms with Crippen LogP contribution in [0.5, 0.6) is 0 Å². The fourth-order valence-electron chi connectivity index (χ4n) is 3.94. The van der Waals surface area contributed by atoms with Crippen LogP contribution in [0.4, 0.5) is 5.69 Å². The number of nitrogens with zero attached hydrogens (tertiary/aromatic N) is 4. The molecule has 166 valence electrons. The van der Waals surface area contributed by atoms with Gasteiger partial charge in [0.15, 0.2) is 5.65 Å². The number of carbonyl (C=O) groups excluding carboxylic acids is 1. The van der Waals surface area contributed by atoms with E-state index in [2.05, 4.69) is 47.3 Å². The van der Waals surface area contributed by atoms with Crippen LogP contribution in [-0.2, 0) is 5.41 Å². The van der Waals surface area contributed by atoms with Gasteiger partial charge in [-0.15, -0.1) is 0 Å². The van der Waals surface area contributed by atoms with Gasteiger partial charge < -0.3 is 5.32 Å². The molecule has 0 saturated carbocycles. The molecule has 7 heteroatoms. The quantitative estimate of drug-likeness (QED) is 0.396. The molecule has 0 saturated heterocycles. The Morgan fingerprint density at radius 2 is 1.91 bits per heavy atom. The molecule has 0 radical (unpaired) electrons. The fraction of sp³-hybridized carbons (Fsp3) is 0.192. The predicted molar refractivity (Wildman–Crippen MR) is 130 cm³/mol. The van der Waals surface area contributed by atoms with Gasteiger partial charge in [0.2, 0.25) is 0 Å². The smallest absolute Gasteiger partial charge is 0.255 e. The average molecular weight is 439 g/mol. The topological polar surface area (TPSA) is 80.0 Å². The molecule has 0 atom stereocenters. The number of imidazole rings is 1. The van der Waals surface area contributed by atoms with Crippen LogP contribution in [-0.4, -0.2) is 30.3 Å². The number of amides is 1. The molecule has 3 aromatic heterocycles. The molecule has 0 aliphatic carbocycles. The van der Waals surface area contributed by atoms with E-state index >= 15 is 0 Å². The van der Waals surface area contributed by atoms with Crippen molar-refractivity contribution in [2.45, 2.75) is 33.1 Å². The molecule has 0 aliphatic rings. The maximum Gasteiger partial charge on any atom is 0.255 e. The third kappa shape index (κ3) is 3.82. The number of anilines is 1. The molecule has 2 N–H and O–H groups in total. The second-order valence-electron chi connectivity index (χ2n) is 9.25. The molecular formula is C26H26N6O. The summed E-state index contributed by atoms with van der Waals surface area (Å²) in [5, 5.41) is 9.98. The largest absolute Gasteiger partial charge is 0.322 e. The van der Waals surface area contributed by atoms with Crippen molar-refractivity contribution in [2.24, 2.45) is 0 Å². The van der Waals surface area contributed by atoms with Gasteiger partial charge in [0, 0.05) is 35.3 Å². The fourth-order valence-corrected chi connectivity index (χ4v) is 3.94. The SMILES string of the molecule is Cc1ccc(NC(=O)c2cccc(C(C)(C)C)c2)cc1-n1ccc2ncc(-c3cn[nH]c3)n21. The highest BCUT2D eigenvalue weighted by Gasteiger charge is 2.17. The van der Waals surface area contributed by atoms with E-state index in [0.29, 0.717) is 5.56 Å². The van der Waals surface area contributed by atoms with Gasteiger partial charge in [-0.3, -0.25) is 14.6 Å². The van der Waals surface area contributed by atoms with Crippen LogP contribution in [0.2, 0.25) is 0 Å². The number of aromatic nitrogens is 5. The van der Waals surface area contributed by atoms with Crippen molar-refractivity contribution in [1.82, 2.24) is 24.4 Å². The van der Waals surface area contributed by atoms with E-state index < -0.39 is 0 Å². The van der Waals surface area contributed by atoms with Crippen molar-refractivity contribution >= 4 is 17.2 Å². The van der Waals surface area contributed by atoms with Crippen molar-refractivity contribution < 1.29 is 4.79 Å². The number of aryl methyl sites for hydroxylation is 1. The Morgan fingerprint density at radius 1 is 1.06 bits per heavy atom. The van der Waals surface area contributed by atoms with Crippen molar-refractivity contribution in [3.8, 4) is 16.9 Å². The minimum absolute atomic E-state index is 0.0232. The predicted octanol–water partition coefficient (Wildman–Crippen LogP) is 5.37. The first-order chi connectivity index (χ1) is 15.8. The third-order valence-corrected chi connectivity index (χ3v) is 5.84. The van der Waals surface area contributed by atoms with E-state index in [-0.39, 0.29) is 11.3 Å². The maximum absolute atomic E-state index is 13.0. The van der Waals surface area contributed by atoms with Crippen LogP contribution in [0.3, 0.4) is 0 Å². The summed E-state index contributed by atoms with van der Waals surface area (Å²) in [6.45, 7) is 8.47. The lowest BCUT2D eigenvalue weighted by molar-refractivity contribution is 0.102. The van der Waals surface area contributed by atoms with E-state index in [4.69, 9.17) is 0 Å². The second-order valence-corrected chi connectivity index (χ2v) is 9.25. The van der Waals surface area contributed by atoms with Crippen molar-refractivity contribution in [3.05, 3.63) is 90.0 Å². The number of hydrogen-bond donors (Lipinski definition) is 2. The van der Waals surface area contributed by atoms with Gasteiger partial charge in [-0.2, -0.15) is 5.10 Å². The Bertz CT molecular complexity index is 1450. The molecule has 1 amide bonds. The monoisotopic (exact) mass is 438 g/mol. The van der Waals surface area contributed by atoms with Crippen LogP contribution < -0.4 is 5.32 Å². The molecular weight excluding hydrogens is 412 g/mol. The average Bonchev–Trinajstić information content (AvgIpc) is 3.52. The number of hydrogen-bond acceptors (Lipinski definition) is 3. The van der Waals surface area contributed by atoms with Gasteiger partial charge in [0.05, 0.1) is 23.8 Å². The number of carbonyl (C=O) groups is 1. The molecule has 5 rings (SSSR count). The van der Waals surface area contributed by atoms with Gasteiger partial charge >= 0.3 is 0 Å².